The van der Waals surface area contributed by atoms with E-state index in [1.807, 2.05) is 11.3 Å². The normalized spacial score (nSPS) is 19.8. The number of hydrogen-bond acceptors (Lipinski definition) is 2. The molecule has 0 aromatic carbocycles. The van der Waals surface area contributed by atoms with E-state index in [-0.39, 0.29) is 0 Å². The van der Waals surface area contributed by atoms with Gasteiger partial charge in [0.1, 0.15) is 0 Å². The summed E-state index contributed by atoms with van der Waals surface area (Å²) < 4.78 is 1.30. The van der Waals surface area contributed by atoms with Crippen molar-refractivity contribution in [3.05, 3.63) is 20.3 Å². The summed E-state index contributed by atoms with van der Waals surface area (Å²) >= 11 is 5.62. The van der Waals surface area contributed by atoms with Gasteiger partial charge in [-0.25, -0.2) is 0 Å². The second-order valence-electron chi connectivity index (χ2n) is 5.92. The minimum absolute atomic E-state index is 0.492. The molecule has 0 bridgehead atoms. The molecule has 108 valence electrons. The van der Waals surface area contributed by atoms with Crippen LogP contribution < -0.4 is 5.32 Å². The molecule has 1 atom stereocenters. The van der Waals surface area contributed by atoms with Crippen molar-refractivity contribution in [1.29, 1.82) is 0 Å². The fraction of sp³-hybridized carbons (Fsp3) is 0.750. The van der Waals surface area contributed by atoms with Crippen molar-refractivity contribution in [2.75, 3.05) is 6.54 Å². The molecule has 1 N–H and O–H groups in total. The van der Waals surface area contributed by atoms with Crippen LogP contribution in [-0.4, -0.2) is 6.54 Å². The van der Waals surface area contributed by atoms with Crippen LogP contribution >= 0.6 is 27.3 Å². The molecule has 1 fully saturated rings. The van der Waals surface area contributed by atoms with E-state index in [1.165, 1.54) is 52.8 Å². The molecule has 3 heteroatoms. The monoisotopic (exact) mass is 343 g/mol. The van der Waals surface area contributed by atoms with Crippen LogP contribution in [0.5, 0.6) is 0 Å². The van der Waals surface area contributed by atoms with Crippen LogP contribution in [0, 0.1) is 12.3 Å². The lowest BCUT2D eigenvalue weighted by Crippen LogP contribution is -2.36. The summed E-state index contributed by atoms with van der Waals surface area (Å²) in [5.74, 6) is 0. The first-order chi connectivity index (χ1) is 9.13. The van der Waals surface area contributed by atoms with E-state index >= 15 is 0 Å². The second-order valence-corrected chi connectivity index (χ2v) is 8.32. The van der Waals surface area contributed by atoms with Crippen molar-refractivity contribution in [1.82, 2.24) is 5.32 Å². The number of rotatable bonds is 6. The first-order valence-electron chi connectivity index (χ1n) is 7.62. The highest BCUT2D eigenvalue weighted by Gasteiger charge is 2.40. The zero-order valence-corrected chi connectivity index (χ0v) is 14.8. The Bertz CT molecular complexity index is 387. The van der Waals surface area contributed by atoms with Crippen LogP contribution in [0.25, 0.3) is 0 Å². The standard InChI is InChI=1S/C16H26BrNS/c1-4-10-18-14(13-11-12(3)15(17)19-13)16(5-2)8-6-7-9-16/h11,14,18H,4-10H2,1-3H3. The highest BCUT2D eigenvalue weighted by atomic mass is 79.9. The summed E-state index contributed by atoms with van der Waals surface area (Å²) in [6.45, 7) is 7.96. The Morgan fingerprint density at radius 1 is 1.37 bits per heavy atom. The Kier molecular flexibility index (Phi) is 5.50. The molecule has 0 spiro atoms. The summed E-state index contributed by atoms with van der Waals surface area (Å²) in [4.78, 5) is 1.53. The van der Waals surface area contributed by atoms with Gasteiger partial charge in [0, 0.05) is 10.9 Å². The minimum atomic E-state index is 0.492. The van der Waals surface area contributed by atoms with E-state index < -0.39 is 0 Å². The Morgan fingerprint density at radius 3 is 2.53 bits per heavy atom. The third-order valence-electron chi connectivity index (χ3n) is 4.68. The molecular formula is C16H26BrNS. The summed E-state index contributed by atoms with van der Waals surface area (Å²) in [5, 5.41) is 3.85. The van der Waals surface area contributed by atoms with E-state index in [2.05, 4.69) is 48.1 Å². The Labute approximate surface area is 130 Å². The molecule has 1 saturated carbocycles. The van der Waals surface area contributed by atoms with Crippen molar-refractivity contribution in [2.24, 2.45) is 5.41 Å². The van der Waals surface area contributed by atoms with Gasteiger partial charge in [-0.3, -0.25) is 0 Å². The van der Waals surface area contributed by atoms with Crippen LogP contribution in [0.1, 0.15) is 68.9 Å². The lowest BCUT2D eigenvalue weighted by atomic mass is 9.75. The van der Waals surface area contributed by atoms with Crippen LogP contribution in [0.3, 0.4) is 0 Å². The molecule has 1 aliphatic carbocycles. The van der Waals surface area contributed by atoms with Crippen molar-refractivity contribution in [3.63, 3.8) is 0 Å². The number of hydrogen-bond donors (Lipinski definition) is 1. The topological polar surface area (TPSA) is 12.0 Å². The van der Waals surface area contributed by atoms with E-state index in [0.29, 0.717) is 11.5 Å². The van der Waals surface area contributed by atoms with Gasteiger partial charge in [0.05, 0.1) is 3.79 Å². The Balaban J connectivity index is 2.29. The molecule has 0 aliphatic heterocycles. The van der Waals surface area contributed by atoms with Gasteiger partial charge < -0.3 is 5.32 Å². The van der Waals surface area contributed by atoms with Gasteiger partial charge in [-0.2, -0.15) is 0 Å². The summed E-state index contributed by atoms with van der Waals surface area (Å²) in [7, 11) is 0. The van der Waals surface area contributed by atoms with Gasteiger partial charge in [-0.1, -0.05) is 26.7 Å². The van der Waals surface area contributed by atoms with Crippen LogP contribution in [0.15, 0.2) is 9.85 Å². The molecule has 0 radical (unpaired) electrons. The maximum atomic E-state index is 3.85. The van der Waals surface area contributed by atoms with Crippen molar-refractivity contribution in [3.8, 4) is 0 Å². The zero-order valence-electron chi connectivity index (χ0n) is 12.4. The van der Waals surface area contributed by atoms with Gasteiger partial charge in [-0.05, 0) is 72.1 Å². The number of thiophene rings is 1. The van der Waals surface area contributed by atoms with Gasteiger partial charge >= 0.3 is 0 Å². The van der Waals surface area contributed by atoms with E-state index in [1.54, 1.807) is 0 Å². The smallest absolute Gasteiger partial charge is 0.0731 e. The van der Waals surface area contributed by atoms with Gasteiger partial charge in [-0.15, -0.1) is 11.3 Å². The predicted molar refractivity (Wildman–Crippen MR) is 89.0 cm³/mol. The molecule has 0 amide bonds. The van der Waals surface area contributed by atoms with Crippen LogP contribution in [-0.2, 0) is 0 Å². The zero-order chi connectivity index (χ0) is 13.9. The fourth-order valence-corrected chi connectivity index (χ4v) is 5.25. The predicted octanol–water partition coefficient (Wildman–Crippen LogP) is 5.83. The van der Waals surface area contributed by atoms with Crippen molar-refractivity contribution < 1.29 is 0 Å². The number of aryl methyl sites for hydroxylation is 1. The fourth-order valence-electron chi connectivity index (χ4n) is 3.46. The van der Waals surface area contributed by atoms with E-state index in [0.717, 1.165) is 6.54 Å². The highest BCUT2D eigenvalue weighted by molar-refractivity contribution is 9.11. The third kappa shape index (κ3) is 3.25. The SMILES string of the molecule is CCCNC(c1cc(C)c(Br)s1)C1(CC)CCCC1. The summed E-state index contributed by atoms with van der Waals surface area (Å²) in [6.07, 6.45) is 8.09. The molecule has 19 heavy (non-hydrogen) atoms. The largest absolute Gasteiger partial charge is 0.309 e. The quantitative estimate of drug-likeness (QED) is 0.684. The number of halogens is 1. The van der Waals surface area contributed by atoms with Crippen LogP contribution in [0.4, 0.5) is 0 Å². The van der Waals surface area contributed by atoms with Crippen LogP contribution in [0.2, 0.25) is 0 Å². The third-order valence-corrected chi connectivity index (χ3v) is 6.88. The highest BCUT2D eigenvalue weighted by Crippen LogP contribution is 2.51. The molecule has 0 saturated heterocycles. The maximum Gasteiger partial charge on any atom is 0.0731 e. The first-order valence-corrected chi connectivity index (χ1v) is 9.23. The lowest BCUT2D eigenvalue weighted by Gasteiger charge is -2.37. The van der Waals surface area contributed by atoms with E-state index in [4.69, 9.17) is 0 Å². The average molecular weight is 344 g/mol. The number of nitrogens with one attached hydrogen (secondary N) is 1. The summed E-state index contributed by atoms with van der Waals surface area (Å²) in [6, 6.07) is 2.94. The van der Waals surface area contributed by atoms with Crippen molar-refractivity contribution >= 4 is 27.3 Å². The molecule has 1 nitrogen and oxygen atoms in total. The minimum Gasteiger partial charge on any atom is -0.309 e. The molecule has 1 aromatic heterocycles. The Hall–Kier alpha value is 0.140. The molecule has 1 aromatic rings. The van der Waals surface area contributed by atoms with Gasteiger partial charge in [0.15, 0.2) is 0 Å². The van der Waals surface area contributed by atoms with Crippen molar-refractivity contribution in [2.45, 2.75) is 65.3 Å². The first kappa shape index (κ1) is 15.5. The van der Waals surface area contributed by atoms with Gasteiger partial charge in [0.25, 0.3) is 0 Å². The molecular weight excluding hydrogens is 318 g/mol. The van der Waals surface area contributed by atoms with E-state index in [9.17, 15) is 0 Å². The van der Waals surface area contributed by atoms with Gasteiger partial charge in [0.2, 0.25) is 0 Å². The molecule has 1 heterocycles. The molecule has 1 unspecified atom stereocenters. The second kappa shape index (κ2) is 6.73. The molecule has 1 aliphatic rings. The maximum absolute atomic E-state index is 3.85. The molecule has 2 rings (SSSR count). The summed E-state index contributed by atoms with van der Waals surface area (Å²) in [5.41, 5.74) is 1.87. The average Bonchev–Trinajstić information content (AvgIpc) is 2.99. The lowest BCUT2D eigenvalue weighted by molar-refractivity contribution is 0.190. The Morgan fingerprint density at radius 2 is 2.05 bits per heavy atom.